The number of rotatable bonds is 6. The van der Waals surface area contributed by atoms with E-state index in [0.29, 0.717) is 19.7 Å². The fraction of sp³-hybridized carbons (Fsp3) is 0.409. The average molecular weight is 391 g/mol. The molecule has 3 rings (SSSR count). The van der Waals surface area contributed by atoms with Gasteiger partial charge in [0.25, 0.3) is 0 Å². The van der Waals surface area contributed by atoms with Gasteiger partial charge < -0.3 is 9.64 Å². The summed E-state index contributed by atoms with van der Waals surface area (Å²) >= 11 is 0. The van der Waals surface area contributed by atoms with Gasteiger partial charge in [-0.1, -0.05) is 18.2 Å². The molecule has 2 aromatic rings. The molecule has 0 N–H and O–H groups in total. The number of likely N-dealkylation sites (tertiary alicyclic amines) is 1. The van der Waals surface area contributed by atoms with Crippen molar-refractivity contribution in [1.82, 2.24) is 4.90 Å². The number of hydrogen-bond donors (Lipinski definition) is 0. The van der Waals surface area contributed by atoms with Gasteiger partial charge >= 0.3 is 0 Å². The highest BCUT2D eigenvalue weighted by molar-refractivity contribution is 5.81. The molecule has 1 heterocycles. The molecule has 0 bridgehead atoms. The van der Waals surface area contributed by atoms with Gasteiger partial charge in [0.05, 0.1) is 6.61 Å². The lowest BCUT2D eigenvalue weighted by molar-refractivity contribution is -0.131. The number of amides is 1. The largest absolute Gasteiger partial charge is 0.384 e. The van der Waals surface area contributed by atoms with Crippen LogP contribution in [-0.4, -0.2) is 31.1 Å². The van der Waals surface area contributed by atoms with E-state index in [0.717, 1.165) is 23.3 Å². The topological polar surface area (TPSA) is 29.5 Å². The smallest absolute Gasteiger partial charge is 0.226 e. The second kappa shape index (κ2) is 8.35. The Kier molecular flexibility index (Phi) is 6.08. The molecular weight excluding hydrogens is 367 g/mol. The first-order valence-corrected chi connectivity index (χ1v) is 9.27. The van der Waals surface area contributed by atoms with Crippen LogP contribution in [0.2, 0.25) is 0 Å². The zero-order valence-corrected chi connectivity index (χ0v) is 16.3. The van der Waals surface area contributed by atoms with Crippen LogP contribution in [0.5, 0.6) is 0 Å². The van der Waals surface area contributed by atoms with E-state index in [-0.39, 0.29) is 23.8 Å². The van der Waals surface area contributed by atoms with Crippen LogP contribution >= 0.6 is 0 Å². The number of benzene rings is 2. The van der Waals surface area contributed by atoms with Gasteiger partial charge in [0.15, 0.2) is 17.5 Å². The zero-order chi connectivity index (χ0) is 20.4. The minimum Gasteiger partial charge on any atom is -0.384 e. The van der Waals surface area contributed by atoms with E-state index in [1.165, 1.54) is 5.56 Å². The maximum atomic E-state index is 13.6. The Morgan fingerprint density at radius 3 is 2.32 bits per heavy atom. The van der Waals surface area contributed by atoms with Crippen LogP contribution in [0.4, 0.5) is 13.2 Å². The van der Waals surface area contributed by atoms with Crippen LogP contribution in [0.1, 0.15) is 22.3 Å². The fourth-order valence-electron chi connectivity index (χ4n) is 3.82. The Morgan fingerprint density at radius 1 is 1.04 bits per heavy atom. The number of ether oxygens (including phenoxy) is 1. The summed E-state index contributed by atoms with van der Waals surface area (Å²) in [6, 6.07) is 8.01. The molecular formula is C22H24F3NO2. The molecule has 1 fully saturated rings. The summed E-state index contributed by atoms with van der Waals surface area (Å²) < 4.78 is 45.6. The van der Waals surface area contributed by atoms with Gasteiger partial charge in [0.1, 0.15) is 0 Å². The van der Waals surface area contributed by atoms with Crippen molar-refractivity contribution in [3.8, 4) is 0 Å². The van der Waals surface area contributed by atoms with Crippen LogP contribution < -0.4 is 0 Å². The predicted molar refractivity (Wildman–Crippen MR) is 100 cm³/mol. The van der Waals surface area contributed by atoms with E-state index < -0.39 is 23.4 Å². The van der Waals surface area contributed by atoms with Crippen LogP contribution in [0.15, 0.2) is 30.3 Å². The zero-order valence-electron chi connectivity index (χ0n) is 16.3. The molecule has 0 aromatic heterocycles. The van der Waals surface area contributed by atoms with Gasteiger partial charge in [0.2, 0.25) is 5.91 Å². The summed E-state index contributed by atoms with van der Waals surface area (Å²) in [5.41, 5.74) is 3.65. The number of hydrogen-bond acceptors (Lipinski definition) is 2. The van der Waals surface area contributed by atoms with Gasteiger partial charge in [-0.25, -0.2) is 13.2 Å². The molecule has 6 heteroatoms. The molecule has 2 atom stereocenters. The van der Waals surface area contributed by atoms with E-state index in [9.17, 15) is 18.0 Å². The molecule has 0 saturated carbocycles. The van der Waals surface area contributed by atoms with Gasteiger partial charge in [-0.15, -0.1) is 0 Å². The third-order valence-electron chi connectivity index (χ3n) is 5.48. The van der Waals surface area contributed by atoms with Crippen molar-refractivity contribution >= 4 is 5.91 Å². The lowest BCUT2D eigenvalue weighted by atomic mass is 9.89. The molecule has 2 aromatic carbocycles. The molecule has 1 aliphatic heterocycles. The molecule has 1 amide bonds. The van der Waals surface area contributed by atoms with Crippen LogP contribution in [0, 0.1) is 43.1 Å². The summed E-state index contributed by atoms with van der Waals surface area (Å²) in [6.07, 6.45) is 0.143. The SMILES string of the molecule is COCC1CN(Cc2ccc(C)c(C)c2)C(=O)C1Cc1cc(F)c(F)c(F)c1. The highest BCUT2D eigenvalue weighted by Crippen LogP contribution is 2.30. The summed E-state index contributed by atoms with van der Waals surface area (Å²) in [5.74, 6) is -4.61. The van der Waals surface area contributed by atoms with Crippen molar-refractivity contribution in [1.29, 1.82) is 0 Å². The average Bonchev–Trinajstić information content (AvgIpc) is 2.92. The molecule has 2 unspecified atom stereocenters. The Hall–Kier alpha value is -2.34. The van der Waals surface area contributed by atoms with Crippen molar-refractivity contribution in [2.24, 2.45) is 11.8 Å². The van der Waals surface area contributed by atoms with Crippen LogP contribution in [-0.2, 0) is 22.5 Å². The minimum absolute atomic E-state index is 0.0783. The summed E-state index contributed by atoms with van der Waals surface area (Å²) in [4.78, 5) is 14.8. The number of nitrogens with zero attached hydrogens (tertiary/aromatic N) is 1. The van der Waals surface area contributed by atoms with Gasteiger partial charge in [-0.2, -0.15) is 0 Å². The molecule has 3 nitrogen and oxygen atoms in total. The first-order valence-electron chi connectivity index (χ1n) is 9.27. The standard InChI is InChI=1S/C22H24F3NO2/c1-13-4-5-15(6-14(13)2)10-26-11-17(12-28-3)18(22(26)27)7-16-8-19(23)21(25)20(24)9-16/h4-6,8-9,17-18H,7,10-12H2,1-3H3. The first kappa shape index (κ1) is 20.4. The molecule has 1 aliphatic rings. The summed E-state index contributed by atoms with van der Waals surface area (Å²) in [6.45, 7) is 5.41. The van der Waals surface area contributed by atoms with E-state index in [4.69, 9.17) is 4.74 Å². The number of carbonyl (C=O) groups is 1. The van der Waals surface area contributed by atoms with E-state index >= 15 is 0 Å². The number of methoxy groups -OCH3 is 1. The Bertz CT molecular complexity index is 861. The normalized spacial score (nSPS) is 19.5. The fourth-order valence-corrected chi connectivity index (χ4v) is 3.82. The third kappa shape index (κ3) is 4.22. The Balaban J connectivity index is 1.80. The van der Waals surface area contributed by atoms with E-state index in [1.54, 1.807) is 12.0 Å². The summed E-state index contributed by atoms with van der Waals surface area (Å²) in [7, 11) is 1.56. The lowest BCUT2D eigenvalue weighted by Gasteiger charge is -2.17. The number of halogens is 3. The van der Waals surface area contributed by atoms with Crippen LogP contribution in [0.25, 0.3) is 0 Å². The van der Waals surface area contributed by atoms with Gasteiger partial charge in [-0.3, -0.25) is 4.79 Å². The van der Waals surface area contributed by atoms with Crippen molar-refractivity contribution in [2.45, 2.75) is 26.8 Å². The molecule has 28 heavy (non-hydrogen) atoms. The quantitative estimate of drug-likeness (QED) is 0.692. The molecule has 150 valence electrons. The second-order valence-corrected chi connectivity index (χ2v) is 7.54. The van der Waals surface area contributed by atoms with Gasteiger partial charge in [0, 0.05) is 32.0 Å². The van der Waals surface area contributed by atoms with E-state index in [2.05, 4.69) is 6.07 Å². The maximum Gasteiger partial charge on any atom is 0.226 e. The number of carbonyl (C=O) groups excluding carboxylic acids is 1. The maximum absolute atomic E-state index is 13.6. The second-order valence-electron chi connectivity index (χ2n) is 7.54. The first-order chi connectivity index (χ1) is 13.3. The lowest BCUT2D eigenvalue weighted by Crippen LogP contribution is -2.27. The van der Waals surface area contributed by atoms with E-state index in [1.807, 2.05) is 26.0 Å². The predicted octanol–water partition coefficient (Wildman–Crippen LogP) is 4.18. The minimum atomic E-state index is -1.49. The van der Waals surface area contributed by atoms with Crippen molar-refractivity contribution in [3.05, 3.63) is 70.0 Å². The molecule has 0 aliphatic carbocycles. The van der Waals surface area contributed by atoms with Crippen molar-refractivity contribution in [2.75, 3.05) is 20.3 Å². The highest BCUT2D eigenvalue weighted by atomic mass is 19.2. The highest BCUT2D eigenvalue weighted by Gasteiger charge is 2.40. The van der Waals surface area contributed by atoms with Crippen molar-refractivity contribution in [3.63, 3.8) is 0 Å². The Labute approximate surface area is 163 Å². The molecule has 1 saturated heterocycles. The van der Waals surface area contributed by atoms with Gasteiger partial charge in [-0.05, 0) is 54.7 Å². The molecule has 0 spiro atoms. The summed E-state index contributed by atoms with van der Waals surface area (Å²) in [5, 5.41) is 0. The Morgan fingerprint density at radius 2 is 1.71 bits per heavy atom. The van der Waals surface area contributed by atoms with Crippen molar-refractivity contribution < 1.29 is 22.7 Å². The monoisotopic (exact) mass is 391 g/mol. The van der Waals surface area contributed by atoms with Crippen LogP contribution in [0.3, 0.4) is 0 Å². The number of aryl methyl sites for hydroxylation is 2. The third-order valence-corrected chi connectivity index (χ3v) is 5.48. The molecule has 0 radical (unpaired) electrons.